The molecule has 2 nitrogen and oxygen atoms in total. The maximum atomic E-state index is 14.5. The van der Waals surface area contributed by atoms with Crippen LogP contribution in [0.5, 0.6) is 0 Å². The minimum absolute atomic E-state index is 0.00988. The fourth-order valence-electron chi connectivity index (χ4n) is 2.96. The molecule has 3 rings (SSSR count). The van der Waals surface area contributed by atoms with Gasteiger partial charge >= 0.3 is 0 Å². The first kappa shape index (κ1) is 22.5. The van der Waals surface area contributed by atoms with E-state index in [1.165, 1.54) is 24.5 Å². The Labute approximate surface area is 175 Å². The third-order valence-electron chi connectivity index (χ3n) is 4.71. The van der Waals surface area contributed by atoms with Gasteiger partial charge in [0.2, 0.25) is 0 Å². The summed E-state index contributed by atoms with van der Waals surface area (Å²) in [7, 11) is 0. The largest absolute Gasteiger partial charge is 0.246 e. The molecule has 0 saturated heterocycles. The van der Waals surface area contributed by atoms with Crippen LogP contribution in [0, 0.1) is 17.5 Å². The molecule has 0 amide bonds. The Bertz CT molecular complexity index is 1090. The summed E-state index contributed by atoms with van der Waals surface area (Å²) in [4.78, 5) is 7.95. The molecule has 0 radical (unpaired) electrons. The zero-order valence-electron chi connectivity index (χ0n) is 16.5. The number of nitrogens with zero attached hydrogens (tertiary/aromatic N) is 2. The highest BCUT2D eigenvalue weighted by Gasteiger charge is 2.15. The standard InChI is InChI=1S/C23H18F6N2/c1-2-3-4-18(25)22(29)13-5-6-16(19(26)7-13)15-11-30-23(31-12-15)14-8-20(27)17(10-24)21(28)9-14/h5-9,11-12H,2-4,10H2,1H3/b22-18+. The van der Waals surface area contributed by atoms with E-state index in [0.717, 1.165) is 18.2 Å². The van der Waals surface area contributed by atoms with Crippen LogP contribution in [-0.4, -0.2) is 9.97 Å². The van der Waals surface area contributed by atoms with Crippen LogP contribution >= 0.6 is 0 Å². The predicted octanol–water partition coefficient (Wildman–Crippen LogP) is 7.50. The summed E-state index contributed by atoms with van der Waals surface area (Å²) < 4.78 is 82.7. The quantitative estimate of drug-likeness (QED) is 0.359. The van der Waals surface area contributed by atoms with Gasteiger partial charge in [-0.3, -0.25) is 0 Å². The van der Waals surface area contributed by atoms with Crippen molar-refractivity contribution in [2.45, 2.75) is 32.9 Å². The number of unbranched alkanes of at least 4 members (excludes halogenated alkanes) is 1. The van der Waals surface area contributed by atoms with Crippen LogP contribution in [0.25, 0.3) is 28.3 Å². The lowest BCUT2D eigenvalue weighted by molar-refractivity contribution is 0.440. The van der Waals surface area contributed by atoms with E-state index < -0.39 is 41.3 Å². The van der Waals surface area contributed by atoms with Gasteiger partial charge in [-0.15, -0.1) is 0 Å². The molecule has 162 valence electrons. The number of aromatic nitrogens is 2. The second kappa shape index (κ2) is 9.76. The predicted molar refractivity (Wildman–Crippen MR) is 106 cm³/mol. The molecule has 0 bridgehead atoms. The number of benzene rings is 2. The van der Waals surface area contributed by atoms with Crippen molar-refractivity contribution < 1.29 is 26.3 Å². The van der Waals surface area contributed by atoms with Gasteiger partial charge in [0.1, 0.15) is 30.0 Å². The van der Waals surface area contributed by atoms with Gasteiger partial charge in [0, 0.05) is 41.1 Å². The average molecular weight is 436 g/mol. The normalized spacial score (nSPS) is 12.1. The smallest absolute Gasteiger partial charge is 0.161 e. The van der Waals surface area contributed by atoms with Crippen LogP contribution in [0.3, 0.4) is 0 Å². The Kier molecular flexibility index (Phi) is 7.09. The Morgan fingerprint density at radius 1 is 0.871 bits per heavy atom. The average Bonchev–Trinajstić information content (AvgIpc) is 2.76. The maximum Gasteiger partial charge on any atom is 0.161 e. The van der Waals surface area contributed by atoms with Gasteiger partial charge in [-0.25, -0.2) is 36.3 Å². The third-order valence-corrected chi connectivity index (χ3v) is 4.71. The summed E-state index contributed by atoms with van der Waals surface area (Å²) >= 11 is 0. The summed E-state index contributed by atoms with van der Waals surface area (Å²) in [6, 6.07) is 5.21. The first-order valence-corrected chi connectivity index (χ1v) is 9.56. The molecular weight excluding hydrogens is 418 g/mol. The molecule has 8 heteroatoms. The Morgan fingerprint density at radius 2 is 1.52 bits per heavy atom. The highest BCUT2D eigenvalue weighted by molar-refractivity contribution is 5.69. The molecule has 0 atom stereocenters. The molecule has 31 heavy (non-hydrogen) atoms. The molecular formula is C23H18F6N2. The molecule has 0 spiro atoms. The highest BCUT2D eigenvalue weighted by atomic mass is 19.2. The lowest BCUT2D eigenvalue weighted by Gasteiger charge is -2.08. The fraction of sp³-hybridized carbons (Fsp3) is 0.217. The Hall–Kier alpha value is -3.16. The zero-order chi connectivity index (χ0) is 22.5. The molecule has 3 aromatic rings. The second-order valence-electron chi connectivity index (χ2n) is 6.86. The van der Waals surface area contributed by atoms with Gasteiger partial charge in [0.25, 0.3) is 0 Å². The van der Waals surface area contributed by atoms with Gasteiger partial charge in [0.15, 0.2) is 11.7 Å². The number of halogens is 6. The van der Waals surface area contributed by atoms with E-state index in [-0.39, 0.29) is 34.5 Å². The summed E-state index contributed by atoms with van der Waals surface area (Å²) in [6.45, 7) is 0.560. The second-order valence-corrected chi connectivity index (χ2v) is 6.86. The van der Waals surface area contributed by atoms with Crippen molar-refractivity contribution in [1.29, 1.82) is 0 Å². The van der Waals surface area contributed by atoms with Gasteiger partial charge in [-0.05, 0) is 24.6 Å². The summed E-state index contributed by atoms with van der Waals surface area (Å²) in [5.74, 6) is -5.01. The molecule has 0 N–H and O–H groups in total. The maximum absolute atomic E-state index is 14.5. The minimum Gasteiger partial charge on any atom is -0.246 e. The van der Waals surface area contributed by atoms with Gasteiger partial charge in [0.05, 0.1) is 5.56 Å². The van der Waals surface area contributed by atoms with E-state index in [0.29, 0.717) is 12.8 Å². The van der Waals surface area contributed by atoms with Crippen molar-refractivity contribution in [3.8, 4) is 22.5 Å². The Balaban J connectivity index is 1.88. The summed E-state index contributed by atoms with van der Waals surface area (Å²) in [5.41, 5.74) is -0.641. The van der Waals surface area contributed by atoms with Crippen molar-refractivity contribution in [2.75, 3.05) is 0 Å². The van der Waals surface area contributed by atoms with Crippen molar-refractivity contribution in [2.24, 2.45) is 0 Å². The van der Waals surface area contributed by atoms with Gasteiger partial charge in [-0.2, -0.15) is 0 Å². The topological polar surface area (TPSA) is 25.8 Å². The van der Waals surface area contributed by atoms with Gasteiger partial charge in [-0.1, -0.05) is 25.5 Å². The van der Waals surface area contributed by atoms with E-state index >= 15 is 0 Å². The number of allylic oxidation sites excluding steroid dienone is 1. The van der Waals surface area contributed by atoms with Crippen LogP contribution in [0.2, 0.25) is 0 Å². The van der Waals surface area contributed by atoms with Crippen LogP contribution in [0.1, 0.15) is 37.3 Å². The lowest BCUT2D eigenvalue weighted by atomic mass is 10.0. The van der Waals surface area contributed by atoms with E-state index in [9.17, 15) is 26.3 Å². The molecule has 0 aliphatic rings. The van der Waals surface area contributed by atoms with Crippen molar-refractivity contribution in [1.82, 2.24) is 9.97 Å². The van der Waals surface area contributed by atoms with Crippen LogP contribution in [0.4, 0.5) is 26.3 Å². The molecule has 0 aliphatic heterocycles. The first-order valence-electron chi connectivity index (χ1n) is 9.56. The van der Waals surface area contributed by atoms with Crippen molar-refractivity contribution in [3.05, 3.63) is 77.1 Å². The first-order chi connectivity index (χ1) is 14.8. The number of hydrogen-bond acceptors (Lipinski definition) is 2. The lowest BCUT2D eigenvalue weighted by Crippen LogP contribution is -1.97. The highest BCUT2D eigenvalue weighted by Crippen LogP contribution is 2.30. The van der Waals surface area contributed by atoms with Crippen LogP contribution in [-0.2, 0) is 6.67 Å². The van der Waals surface area contributed by atoms with Crippen molar-refractivity contribution >= 4 is 5.83 Å². The SMILES string of the molecule is CCCC/C(F)=C(\F)c1ccc(-c2cnc(-c3cc(F)c(CF)c(F)c3)nc2)c(F)c1. The third kappa shape index (κ3) is 4.95. The number of rotatable bonds is 7. The number of hydrogen-bond donors (Lipinski definition) is 0. The molecule has 1 heterocycles. The molecule has 1 aromatic heterocycles. The minimum atomic E-state index is -1.29. The molecule has 0 unspecified atom stereocenters. The molecule has 2 aromatic carbocycles. The van der Waals surface area contributed by atoms with E-state index in [1.54, 1.807) is 0 Å². The van der Waals surface area contributed by atoms with E-state index in [2.05, 4.69) is 9.97 Å². The molecule has 0 fully saturated rings. The van der Waals surface area contributed by atoms with Gasteiger partial charge < -0.3 is 0 Å². The van der Waals surface area contributed by atoms with E-state index in [1.807, 2.05) is 6.92 Å². The fourth-order valence-corrected chi connectivity index (χ4v) is 2.96. The van der Waals surface area contributed by atoms with E-state index in [4.69, 9.17) is 0 Å². The summed E-state index contributed by atoms with van der Waals surface area (Å²) in [5, 5.41) is 0. The van der Waals surface area contributed by atoms with Crippen LogP contribution < -0.4 is 0 Å². The Morgan fingerprint density at radius 3 is 2.06 bits per heavy atom. The van der Waals surface area contributed by atoms with Crippen LogP contribution in [0.15, 0.2) is 48.6 Å². The summed E-state index contributed by atoms with van der Waals surface area (Å²) in [6.07, 6.45) is 3.58. The number of alkyl halides is 1. The molecule has 0 aliphatic carbocycles. The monoisotopic (exact) mass is 436 g/mol. The molecule has 0 saturated carbocycles. The van der Waals surface area contributed by atoms with Crippen molar-refractivity contribution in [3.63, 3.8) is 0 Å². The zero-order valence-corrected chi connectivity index (χ0v) is 16.5.